The third kappa shape index (κ3) is 8.07. The zero-order valence-corrected chi connectivity index (χ0v) is 28.1. The first-order valence-electron chi connectivity index (χ1n) is 14.1. The van der Waals surface area contributed by atoms with Crippen molar-refractivity contribution in [2.24, 2.45) is 7.05 Å². The number of carbonyl (C=O) groups excluding carboxylic acids is 1. The fourth-order valence-electron chi connectivity index (χ4n) is 4.93. The van der Waals surface area contributed by atoms with Crippen LogP contribution in [0.2, 0.25) is 5.02 Å². The average Bonchev–Trinajstić information content (AvgIpc) is 3.57. The number of ether oxygens (including phenoxy) is 2. The zero-order chi connectivity index (χ0) is 34.3. The van der Waals surface area contributed by atoms with Crippen LogP contribution in [0.3, 0.4) is 0 Å². The minimum Gasteiger partial charge on any atom is -0.491 e. The predicted octanol–water partition coefficient (Wildman–Crippen LogP) is 8.83. The Morgan fingerprint density at radius 3 is 2.38 bits per heavy atom. The van der Waals surface area contributed by atoms with Gasteiger partial charge >= 0.3 is 6.36 Å². The third-order valence-corrected chi connectivity index (χ3v) is 9.15. The second-order valence-corrected chi connectivity index (χ2v) is 13.8. The number of hydrogen-bond acceptors (Lipinski definition) is 6. The normalized spacial score (nSPS) is 12.7. The summed E-state index contributed by atoms with van der Waals surface area (Å²) in [6, 6.07) is 17.5. The summed E-state index contributed by atoms with van der Waals surface area (Å²) in [7, 11) is 1.70. The first kappa shape index (κ1) is 34.2. The van der Waals surface area contributed by atoms with E-state index < -0.39 is 34.7 Å². The smallest absolute Gasteiger partial charge is 0.491 e. The molecule has 9 nitrogen and oxygen atoms in total. The summed E-state index contributed by atoms with van der Waals surface area (Å²) in [5, 5.41) is 8.06. The number of fused-ring (bicyclic) bond motifs is 1. The van der Waals surface area contributed by atoms with Gasteiger partial charge in [-0.05, 0) is 85.0 Å². The number of nitrogens with one attached hydrogen (secondary N) is 1. The molecule has 0 aliphatic rings. The fraction of sp³-hybridized carbons (Fsp3) is 0.250. The molecule has 0 fully saturated rings. The molecule has 2 heterocycles. The zero-order valence-electron chi connectivity index (χ0n) is 25.8. The van der Waals surface area contributed by atoms with E-state index in [2.05, 4.69) is 15.2 Å². The van der Waals surface area contributed by atoms with Crippen LogP contribution in [0.4, 0.5) is 30.4 Å². The van der Waals surface area contributed by atoms with E-state index in [-0.39, 0.29) is 17.7 Å². The van der Waals surface area contributed by atoms with Gasteiger partial charge in [-0.25, -0.2) is 8.51 Å². The summed E-state index contributed by atoms with van der Waals surface area (Å²) in [5.74, 6) is -0.347. The van der Waals surface area contributed by atoms with E-state index in [0.717, 1.165) is 9.01 Å². The van der Waals surface area contributed by atoms with E-state index in [1.54, 1.807) is 81.7 Å². The van der Waals surface area contributed by atoms with Gasteiger partial charge in [0.1, 0.15) is 11.5 Å². The second kappa shape index (κ2) is 13.2. The molecule has 5 rings (SSSR count). The summed E-state index contributed by atoms with van der Waals surface area (Å²) < 4.78 is 74.9. The number of benzene rings is 3. The quantitative estimate of drug-likeness (QED) is 0.141. The van der Waals surface area contributed by atoms with E-state index in [0.29, 0.717) is 37.8 Å². The van der Waals surface area contributed by atoms with Crippen molar-refractivity contribution in [3.05, 3.63) is 94.0 Å². The number of nitrogens with zero attached hydrogens (tertiary/aromatic N) is 3. The number of amides is 1. The van der Waals surface area contributed by atoms with Crippen LogP contribution >= 0.6 is 22.9 Å². The summed E-state index contributed by atoms with van der Waals surface area (Å²) >= 11 is 5.32. The molecule has 5 aromatic rings. The van der Waals surface area contributed by atoms with Crippen molar-refractivity contribution in [2.75, 3.05) is 9.62 Å². The molecule has 0 bridgehead atoms. The highest BCUT2D eigenvalue weighted by molar-refractivity contribution is 7.81. The molecule has 1 unspecified atom stereocenters. The Kier molecular flexibility index (Phi) is 9.60. The van der Waals surface area contributed by atoms with E-state index in [1.165, 1.54) is 28.2 Å². The highest BCUT2D eigenvalue weighted by Gasteiger charge is 2.33. The lowest BCUT2D eigenvalue weighted by molar-refractivity contribution is -0.274. The summed E-state index contributed by atoms with van der Waals surface area (Å²) in [5.41, 5.74) is 0.980. The van der Waals surface area contributed by atoms with Crippen molar-refractivity contribution < 1.29 is 36.2 Å². The summed E-state index contributed by atoms with van der Waals surface area (Å²) in [4.78, 5) is 13.8. The van der Waals surface area contributed by atoms with Crippen LogP contribution in [0, 0.1) is 0 Å². The molecule has 1 amide bonds. The van der Waals surface area contributed by atoms with Gasteiger partial charge < -0.3 is 14.8 Å². The van der Waals surface area contributed by atoms with Crippen LogP contribution in [-0.4, -0.2) is 36.9 Å². The van der Waals surface area contributed by atoms with Crippen LogP contribution in [-0.2, 0) is 23.7 Å². The highest BCUT2D eigenvalue weighted by Crippen LogP contribution is 2.40. The largest absolute Gasteiger partial charge is 0.573 e. The molecule has 47 heavy (non-hydrogen) atoms. The van der Waals surface area contributed by atoms with Crippen LogP contribution in [0.1, 0.15) is 48.5 Å². The van der Waals surface area contributed by atoms with E-state index in [9.17, 15) is 26.7 Å². The van der Waals surface area contributed by atoms with Gasteiger partial charge in [-0.1, -0.05) is 25.4 Å². The van der Waals surface area contributed by atoms with Crippen molar-refractivity contribution >= 4 is 67.4 Å². The van der Waals surface area contributed by atoms with E-state index >= 15 is 0 Å². The number of aromatic nitrogens is 2. The Labute approximate surface area is 280 Å². The van der Waals surface area contributed by atoms with Gasteiger partial charge in [-0.3, -0.25) is 14.0 Å². The first-order valence-corrected chi connectivity index (χ1v) is 16.4. The van der Waals surface area contributed by atoms with Gasteiger partial charge in [-0.15, -0.1) is 24.5 Å². The third-order valence-electron chi connectivity index (χ3n) is 7.11. The van der Waals surface area contributed by atoms with Gasteiger partial charge in [0.15, 0.2) is 5.82 Å². The Hall–Kier alpha value is -4.11. The molecule has 0 spiro atoms. The van der Waals surface area contributed by atoms with Crippen LogP contribution < -0.4 is 19.1 Å². The standard InChI is InChI=1S/C32H30ClF3N4O5S2/c1-18(2)44-25-14-21(15-26(17-25)45-32(34,35)36)31(3,4)20-12-22(33)16-23(13-20)37-30(41)28-11-19-10-24(6-7-27(19)46-28)40(47(42)43)29-8-9-39(5)38-29/h6-18H,1-5H3,(H,37,41)(H,42,43). The number of aryl methyl sites for hydroxylation is 1. The first-order chi connectivity index (χ1) is 22.0. The molecular formula is C32H30ClF3N4O5S2. The Morgan fingerprint density at radius 1 is 1.04 bits per heavy atom. The Morgan fingerprint density at radius 2 is 1.74 bits per heavy atom. The van der Waals surface area contributed by atoms with Crippen molar-refractivity contribution in [1.82, 2.24) is 9.78 Å². The summed E-state index contributed by atoms with van der Waals surface area (Å²) in [6.45, 7) is 7.15. The van der Waals surface area contributed by atoms with Crippen LogP contribution in [0.5, 0.6) is 11.5 Å². The number of anilines is 3. The Bertz CT molecular complexity index is 1980. The SMILES string of the molecule is CC(C)Oc1cc(OC(F)(F)F)cc(C(C)(C)c2cc(Cl)cc(NC(=O)c3cc4cc(N(c5ccn(C)n5)S(=O)O)ccc4s3)c2)c1. The predicted molar refractivity (Wildman–Crippen MR) is 178 cm³/mol. The molecule has 2 aromatic heterocycles. The molecule has 2 N–H and O–H groups in total. The van der Waals surface area contributed by atoms with Crippen molar-refractivity contribution in [3.63, 3.8) is 0 Å². The van der Waals surface area contributed by atoms with E-state index in [4.69, 9.17) is 16.3 Å². The maximum absolute atomic E-state index is 13.4. The lowest BCUT2D eigenvalue weighted by Gasteiger charge is -2.28. The second-order valence-electron chi connectivity index (χ2n) is 11.4. The minimum atomic E-state index is -4.89. The highest BCUT2D eigenvalue weighted by atomic mass is 35.5. The van der Waals surface area contributed by atoms with Crippen molar-refractivity contribution in [1.29, 1.82) is 0 Å². The van der Waals surface area contributed by atoms with Gasteiger partial charge in [0.25, 0.3) is 17.2 Å². The Balaban J connectivity index is 1.43. The average molecular weight is 707 g/mol. The number of hydrogen-bond donors (Lipinski definition) is 2. The maximum Gasteiger partial charge on any atom is 0.573 e. The van der Waals surface area contributed by atoms with Gasteiger partial charge in [0, 0.05) is 46.2 Å². The monoisotopic (exact) mass is 706 g/mol. The summed E-state index contributed by atoms with van der Waals surface area (Å²) in [6.07, 6.45) is -3.53. The molecule has 3 aromatic carbocycles. The van der Waals surface area contributed by atoms with Crippen molar-refractivity contribution in [2.45, 2.75) is 45.6 Å². The van der Waals surface area contributed by atoms with Gasteiger partial charge in [-0.2, -0.15) is 5.10 Å². The maximum atomic E-state index is 13.4. The topological polar surface area (TPSA) is 106 Å². The molecule has 0 saturated carbocycles. The van der Waals surface area contributed by atoms with Crippen molar-refractivity contribution in [3.8, 4) is 11.5 Å². The van der Waals surface area contributed by atoms with Gasteiger partial charge in [0.05, 0.1) is 16.7 Å². The molecule has 0 radical (unpaired) electrons. The number of thiophene rings is 1. The molecule has 1 atom stereocenters. The van der Waals surface area contributed by atoms with E-state index in [1.807, 2.05) is 13.8 Å². The number of rotatable bonds is 10. The molecule has 248 valence electrons. The molecule has 0 aliphatic heterocycles. The van der Waals surface area contributed by atoms with Gasteiger partial charge in [0.2, 0.25) is 0 Å². The van der Waals surface area contributed by atoms with Crippen LogP contribution in [0.15, 0.2) is 72.9 Å². The number of halogens is 4. The number of carbonyl (C=O) groups is 1. The lowest BCUT2D eigenvalue weighted by Crippen LogP contribution is -2.22. The van der Waals surface area contributed by atoms with Crippen LogP contribution in [0.25, 0.3) is 10.1 Å². The molecule has 0 saturated heterocycles. The fourth-order valence-corrected chi connectivity index (χ4v) is 6.65. The molecular weight excluding hydrogens is 677 g/mol. The lowest BCUT2D eigenvalue weighted by atomic mass is 9.78. The minimum absolute atomic E-state index is 0.210. The number of alkyl halides is 3. The molecule has 0 aliphatic carbocycles. The molecule has 15 heteroatoms.